The van der Waals surface area contributed by atoms with E-state index in [4.69, 9.17) is 0 Å². The number of rotatable bonds is 3. The second-order valence-electron chi connectivity index (χ2n) is 6.09. The van der Waals surface area contributed by atoms with Crippen molar-refractivity contribution in [3.63, 3.8) is 0 Å². The zero-order valence-electron chi connectivity index (χ0n) is 13.5. The number of anilines is 1. The van der Waals surface area contributed by atoms with Gasteiger partial charge in [-0.1, -0.05) is 19.1 Å². The first-order chi connectivity index (χ1) is 11.3. The van der Waals surface area contributed by atoms with Crippen LogP contribution in [0.3, 0.4) is 0 Å². The highest BCUT2D eigenvalue weighted by Crippen LogP contribution is 2.25. The van der Waals surface area contributed by atoms with Crippen molar-refractivity contribution in [2.24, 2.45) is 0 Å². The van der Waals surface area contributed by atoms with Gasteiger partial charge in [-0.05, 0) is 42.4 Å². The van der Waals surface area contributed by atoms with E-state index in [9.17, 15) is 0 Å². The fraction of sp³-hybridized carbons (Fsp3) is 0.316. The molecule has 0 spiro atoms. The maximum atomic E-state index is 4.34. The first-order valence-corrected chi connectivity index (χ1v) is 8.34. The zero-order chi connectivity index (χ0) is 15.6. The summed E-state index contributed by atoms with van der Waals surface area (Å²) < 4.78 is 1.92. The van der Waals surface area contributed by atoms with E-state index in [1.807, 2.05) is 16.8 Å². The molecule has 4 heteroatoms. The van der Waals surface area contributed by atoms with Gasteiger partial charge in [0, 0.05) is 49.8 Å². The Balaban J connectivity index is 1.54. The summed E-state index contributed by atoms with van der Waals surface area (Å²) in [6.45, 7) is 7.95. The van der Waals surface area contributed by atoms with Gasteiger partial charge >= 0.3 is 0 Å². The largest absolute Gasteiger partial charge is 0.369 e. The van der Waals surface area contributed by atoms with Crippen LogP contribution in [0.4, 0.5) is 5.69 Å². The van der Waals surface area contributed by atoms with Crippen molar-refractivity contribution >= 4 is 11.2 Å². The van der Waals surface area contributed by atoms with Crippen LogP contribution in [0.15, 0.2) is 54.9 Å². The average Bonchev–Trinajstić information content (AvgIpc) is 3.06. The fourth-order valence-electron chi connectivity index (χ4n) is 3.29. The summed E-state index contributed by atoms with van der Waals surface area (Å²) in [6.07, 6.45) is 3.90. The van der Waals surface area contributed by atoms with Crippen LogP contribution in [0.2, 0.25) is 0 Å². The van der Waals surface area contributed by atoms with Crippen molar-refractivity contribution in [3.8, 4) is 11.1 Å². The molecule has 23 heavy (non-hydrogen) atoms. The number of nitrogens with zero attached hydrogens (tertiary/aromatic N) is 4. The summed E-state index contributed by atoms with van der Waals surface area (Å²) in [5.41, 5.74) is 4.91. The smallest absolute Gasteiger partial charge is 0.0653 e. The second-order valence-corrected chi connectivity index (χ2v) is 6.09. The molecule has 118 valence electrons. The van der Waals surface area contributed by atoms with Crippen LogP contribution in [-0.2, 0) is 0 Å². The predicted molar refractivity (Wildman–Crippen MR) is 95.0 cm³/mol. The third-order valence-electron chi connectivity index (χ3n) is 4.76. The van der Waals surface area contributed by atoms with E-state index in [-0.39, 0.29) is 0 Å². The van der Waals surface area contributed by atoms with Crippen molar-refractivity contribution in [1.82, 2.24) is 14.5 Å². The molecule has 1 aliphatic heterocycles. The summed E-state index contributed by atoms with van der Waals surface area (Å²) in [4.78, 5) is 4.98. The van der Waals surface area contributed by atoms with Crippen molar-refractivity contribution in [2.45, 2.75) is 6.92 Å². The quantitative estimate of drug-likeness (QED) is 0.743. The summed E-state index contributed by atoms with van der Waals surface area (Å²) in [7, 11) is 0. The normalized spacial score (nSPS) is 16.1. The molecular weight excluding hydrogens is 284 g/mol. The molecule has 3 heterocycles. The lowest BCUT2D eigenvalue weighted by atomic mass is 10.1. The molecule has 3 aromatic rings. The number of fused-ring (bicyclic) bond motifs is 1. The van der Waals surface area contributed by atoms with Crippen molar-refractivity contribution < 1.29 is 0 Å². The molecule has 4 nitrogen and oxygen atoms in total. The molecule has 1 aromatic carbocycles. The standard InChI is InChI=1S/C19H22N4/c1-2-21-10-12-22(13-11-21)18-7-5-16(6-8-18)17-14-19-4-3-9-20-23(19)15-17/h3-9,14-15H,2,10-13H2,1H3. The maximum Gasteiger partial charge on any atom is 0.0653 e. The second kappa shape index (κ2) is 6.05. The van der Waals surface area contributed by atoms with Crippen LogP contribution in [0.25, 0.3) is 16.6 Å². The maximum absolute atomic E-state index is 4.34. The van der Waals surface area contributed by atoms with Gasteiger partial charge in [-0.2, -0.15) is 5.10 Å². The number of hydrogen-bond acceptors (Lipinski definition) is 3. The minimum absolute atomic E-state index is 1.12. The average molecular weight is 306 g/mol. The van der Waals surface area contributed by atoms with Crippen LogP contribution in [-0.4, -0.2) is 47.2 Å². The Morgan fingerprint density at radius 3 is 2.43 bits per heavy atom. The first-order valence-electron chi connectivity index (χ1n) is 8.34. The van der Waals surface area contributed by atoms with Crippen molar-refractivity contribution in [3.05, 3.63) is 54.9 Å². The van der Waals surface area contributed by atoms with Gasteiger partial charge in [-0.15, -0.1) is 0 Å². The molecule has 4 rings (SSSR count). The highest BCUT2D eigenvalue weighted by Gasteiger charge is 2.15. The van der Waals surface area contributed by atoms with Gasteiger partial charge in [0.1, 0.15) is 0 Å². The van der Waals surface area contributed by atoms with Crippen LogP contribution in [0, 0.1) is 0 Å². The topological polar surface area (TPSA) is 23.8 Å². The molecule has 1 saturated heterocycles. The first kappa shape index (κ1) is 14.3. The van der Waals surface area contributed by atoms with Gasteiger partial charge in [0.15, 0.2) is 0 Å². The minimum Gasteiger partial charge on any atom is -0.369 e. The summed E-state index contributed by atoms with van der Waals surface area (Å²) in [5.74, 6) is 0. The third kappa shape index (κ3) is 2.82. The highest BCUT2D eigenvalue weighted by molar-refractivity contribution is 5.71. The number of benzene rings is 1. The fourth-order valence-corrected chi connectivity index (χ4v) is 3.29. The molecule has 0 unspecified atom stereocenters. The number of aromatic nitrogens is 2. The summed E-state index contributed by atoms with van der Waals surface area (Å²) in [6, 6.07) is 15.2. The Bertz CT molecular complexity index is 749. The molecule has 0 radical (unpaired) electrons. The third-order valence-corrected chi connectivity index (χ3v) is 4.76. The molecule has 0 bridgehead atoms. The van der Waals surface area contributed by atoms with Gasteiger partial charge in [0.2, 0.25) is 0 Å². The molecule has 2 aromatic heterocycles. The molecule has 0 aliphatic carbocycles. The Hall–Kier alpha value is -2.33. The lowest BCUT2D eigenvalue weighted by Crippen LogP contribution is -2.46. The van der Waals surface area contributed by atoms with E-state index in [2.05, 4.69) is 64.4 Å². The minimum atomic E-state index is 1.12. The molecule has 0 amide bonds. The Morgan fingerprint density at radius 1 is 0.957 bits per heavy atom. The van der Waals surface area contributed by atoms with Crippen molar-refractivity contribution in [2.75, 3.05) is 37.6 Å². The van der Waals surface area contributed by atoms with Crippen LogP contribution >= 0.6 is 0 Å². The Kier molecular flexibility index (Phi) is 3.75. The SMILES string of the molecule is CCN1CCN(c2ccc(-c3cc4cccnn4c3)cc2)CC1. The van der Waals surface area contributed by atoms with Crippen LogP contribution < -0.4 is 4.90 Å². The van der Waals surface area contributed by atoms with Gasteiger partial charge in [-0.25, -0.2) is 4.52 Å². The van der Waals surface area contributed by atoms with Gasteiger partial charge in [0.05, 0.1) is 5.52 Å². The zero-order valence-corrected chi connectivity index (χ0v) is 13.5. The molecule has 1 aliphatic rings. The lowest BCUT2D eigenvalue weighted by Gasteiger charge is -2.35. The lowest BCUT2D eigenvalue weighted by molar-refractivity contribution is 0.271. The van der Waals surface area contributed by atoms with E-state index < -0.39 is 0 Å². The van der Waals surface area contributed by atoms with Gasteiger partial charge in [-0.3, -0.25) is 0 Å². The molecule has 0 N–H and O–H groups in total. The van der Waals surface area contributed by atoms with Crippen LogP contribution in [0.5, 0.6) is 0 Å². The van der Waals surface area contributed by atoms with Crippen molar-refractivity contribution in [1.29, 1.82) is 0 Å². The summed E-state index contributed by atoms with van der Waals surface area (Å²) >= 11 is 0. The van der Waals surface area contributed by atoms with Crippen LogP contribution in [0.1, 0.15) is 6.92 Å². The number of piperazine rings is 1. The monoisotopic (exact) mass is 306 g/mol. The highest BCUT2D eigenvalue weighted by atomic mass is 15.3. The van der Waals surface area contributed by atoms with E-state index in [0.29, 0.717) is 0 Å². The summed E-state index contributed by atoms with van der Waals surface area (Å²) in [5, 5.41) is 4.34. The predicted octanol–water partition coefficient (Wildman–Crippen LogP) is 3.14. The van der Waals surface area contributed by atoms with Gasteiger partial charge < -0.3 is 9.80 Å². The molecular formula is C19H22N4. The molecule has 1 fully saturated rings. The Morgan fingerprint density at radius 2 is 1.74 bits per heavy atom. The molecule has 0 saturated carbocycles. The molecule has 0 atom stereocenters. The van der Waals surface area contributed by atoms with Gasteiger partial charge in [0.25, 0.3) is 0 Å². The Labute approximate surface area is 136 Å². The van der Waals surface area contributed by atoms with E-state index >= 15 is 0 Å². The number of hydrogen-bond donors (Lipinski definition) is 0. The number of likely N-dealkylation sites (N-methyl/N-ethyl adjacent to an activating group) is 1. The van der Waals surface area contributed by atoms with E-state index in [1.165, 1.54) is 16.8 Å². The van der Waals surface area contributed by atoms with E-state index in [1.54, 1.807) is 0 Å². The van der Waals surface area contributed by atoms with E-state index in [0.717, 1.165) is 38.2 Å².